The highest BCUT2D eigenvalue weighted by Gasteiger charge is 2.26. The van der Waals surface area contributed by atoms with Crippen LogP contribution in [0.15, 0.2) is 42.5 Å². The number of carbonyl (C=O) groups is 1. The molecule has 1 amide bonds. The summed E-state index contributed by atoms with van der Waals surface area (Å²) in [5.41, 5.74) is 4.85. The van der Waals surface area contributed by atoms with Crippen LogP contribution in [0, 0.1) is 13.8 Å². The van der Waals surface area contributed by atoms with E-state index < -0.39 is 10.0 Å². The van der Waals surface area contributed by atoms with Gasteiger partial charge in [-0.05, 0) is 43.5 Å². The molecule has 1 aliphatic heterocycles. The molecule has 0 bridgehead atoms. The number of sulfonamides is 1. The minimum atomic E-state index is -3.40. The van der Waals surface area contributed by atoms with Crippen LogP contribution in [0.5, 0.6) is 0 Å². The summed E-state index contributed by atoms with van der Waals surface area (Å²) in [5.74, 6) is -0.331. The molecule has 0 spiro atoms. The highest BCUT2D eigenvalue weighted by Crippen LogP contribution is 2.20. The van der Waals surface area contributed by atoms with Crippen LogP contribution in [0.25, 0.3) is 0 Å². The second kappa shape index (κ2) is 7.60. The van der Waals surface area contributed by atoms with E-state index >= 15 is 0 Å². The van der Waals surface area contributed by atoms with E-state index in [9.17, 15) is 13.2 Å². The monoisotopic (exact) mass is 372 g/mol. The Kier molecular flexibility index (Phi) is 5.44. The summed E-state index contributed by atoms with van der Waals surface area (Å²) in [6.07, 6.45) is 0.727. The zero-order valence-electron chi connectivity index (χ0n) is 15.2. The molecule has 3 rings (SSSR count). The highest BCUT2D eigenvalue weighted by atomic mass is 32.2. The summed E-state index contributed by atoms with van der Waals surface area (Å²) in [6, 6.07) is 13.5. The van der Waals surface area contributed by atoms with Crippen molar-refractivity contribution < 1.29 is 13.2 Å². The van der Waals surface area contributed by atoms with Gasteiger partial charge in [-0.2, -0.15) is 4.31 Å². The van der Waals surface area contributed by atoms with Crippen LogP contribution >= 0.6 is 0 Å². The van der Waals surface area contributed by atoms with E-state index in [2.05, 4.69) is 5.32 Å². The number of hydrogen-bond acceptors (Lipinski definition) is 3. The van der Waals surface area contributed by atoms with Gasteiger partial charge in [0.15, 0.2) is 0 Å². The SMILES string of the molecule is Cc1cc(C)cc(C(=O)NCCS(=O)(=O)N2CCc3ccccc3C2)c1. The second-order valence-electron chi connectivity index (χ2n) is 6.80. The first-order valence-corrected chi connectivity index (χ1v) is 10.4. The lowest BCUT2D eigenvalue weighted by Gasteiger charge is -2.28. The number of carbonyl (C=O) groups excluding carboxylic acids is 1. The van der Waals surface area contributed by atoms with Gasteiger partial charge in [0.05, 0.1) is 5.75 Å². The van der Waals surface area contributed by atoms with Crippen LogP contribution in [-0.4, -0.2) is 37.5 Å². The molecule has 2 aromatic rings. The molecule has 2 aromatic carbocycles. The van der Waals surface area contributed by atoms with Gasteiger partial charge in [-0.25, -0.2) is 8.42 Å². The fourth-order valence-corrected chi connectivity index (χ4v) is 4.66. The molecule has 0 aromatic heterocycles. The lowest BCUT2D eigenvalue weighted by atomic mass is 10.0. The fourth-order valence-electron chi connectivity index (χ4n) is 3.34. The molecule has 138 valence electrons. The van der Waals surface area contributed by atoms with Crippen molar-refractivity contribution in [2.45, 2.75) is 26.8 Å². The van der Waals surface area contributed by atoms with Crippen molar-refractivity contribution in [1.82, 2.24) is 9.62 Å². The number of hydrogen-bond donors (Lipinski definition) is 1. The predicted octanol–water partition coefficient (Wildman–Crippen LogP) is 2.42. The average molecular weight is 372 g/mol. The molecule has 0 aliphatic carbocycles. The Bertz CT molecular complexity index is 902. The van der Waals surface area contributed by atoms with E-state index in [-0.39, 0.29) is 18.2 Å². The lowest BCUT2D eigenvalue weighted by molar-refractivity contribution is 0.0956. The molecule has 0 radical (unpaired) electrons. The average Bonchev–Trinajstić information content (AvgIpc) is 2.60. The van der Waals surface area contributed by atoms with E-state index in [0.717, 1.165) is 23.1 Å². The lowest BCUT2D eigenvalue weighted by Crippen LogP contribution is -2.40. The van der Waals surface area contributed by atoms with Gasteiger partial charge in [0, 0.05) is 25.2 Å². The van der Waals surface area contributed by atoms with Crippen molar-refractivity contribution in [2.75, 3.05) is 18.8 Å². The Morgan fingerprint density at radius 3 is 2.42 bits per heavy atom. The molecule has 26 heavy (non-hydrogen) atoms. The molecule has 1 aliphatic rings. The van der Waals surface area contributed by atoms with Crippen LogP contribution < -0.4 is 5.32 Å². The highest BCUT2D eigenvalue weighted by molar-refractivity contribution is 7.89. The Morgan fingerprint density at radius 2 is 1.73 bits per heavy atom. The molecule has 6 heteroatoms. The van der Waals surface area contributed by atoms with Gasteiger partial charge in [0.25, 0.3) is 5.91 Å². The molecule has 0 fully saturated rings. The topological polar surface area (TPSA) is 66.5 Å². The molecular weight excluding hydrogens is 348 g/mol. The Hall–Kier alpha value is -2.18. The third kappa shape index (κ3) is 4.31. The largest absolute Gasteiger partial charge is 0.351 e. The minimum Gasteiger partial charge on any atom is -0.351 e. The van der Waals surface area contributed by atoms with Crippen LogP contribution in [-0.2, 0) is 23.0 Å². The van der Waals surface area contributed by atoms with Crippen molar-refractivity contribution in [3.05, 3.63) is 70.3 Å². The number of aryl methyl sites for hydroxylation is 2. The Balaban J connectivity index is 1.58. The fraction of sp³-hybridized carbons (Fsp3) is 0.350. The first-order chi connectivity index (χ1) is 12.3. The van der Waals surface area contributed by atoms with E-state index in [1.807, 2.05) is 44.2 Å². The van der Waals surface area contributed by atoms with Crippen molar-refractivity contribution in [3.63, 3.8) is 0 Å². The van der Waals surface area contributed by atoms with E-state index in [0.29, 0.717) is 18.7 Å². The van der Waals surface area contributed by atoms with Gasteiger partial charge in [0.1, 0.15) is 0 Å². The van der Waals surface area contributed by atoms with E-state index in [1.54, 1.807) is 12.1 Å². The molecule has 1 heterocycles. The van der Waals surface area contributed by atoms with Crippen LogP contribution in [0.1, 0.15) is 32.6 Å². The van der Waals surface area contributed by atoms with Crippen molar-refractivity contribution >= 4 is 15.9 Å². The minimum absolute atomic E-state index is 0.0916. The molecule has 0 atom stereocenters. The molecule has 0 unspecified atom stereocenters. The zero-order valence-corrected chi connectivity index (χ0v) is 16.0. The number of amides is 1. The van der Waals surface area contributed by atoms with Crippen LogP contribution in [0.2, 0.25) is 0 Å². The Labute approximate surface area is 155 Å². The number of benzene rings is 2. The third-order valence-corrected chi connectivity index (χ3v) is 6.44. The number of rotatable bonds is 5. The van der Waals surface area contributed by atoms with E-state index in [1.165, 1.54) is 9.87 Å². The summed E-state index contributed by atoms with van der Waals surface area (Å²) in [4.78, 5) is 12.3. The summed E-state index contributed by atoms with van der Waals surface area (Å²) in [7, 11) is -3.40. The van der Waals surface area contributed by atoms with Crippen molar-refractivity contribution in [2.24, 2.45) is 0 Å². The molecule has 5 nitrogen and oxygen atoms in total. The second-order valence-corrected chi connectivity index (χ2v) is 8.89. The summed E-state index contributed by atoms with van der Waals surface area (Å²) in [5, 5.41) is 2.72. The smallest absolute Gasteiger partial charge is 0.251 e. The standard InChI is InChI=1S/C20H24N2O3S/c1-15-11-16(2)13-19(12-15)20(23)21-8-10-26(24,25)22-9-7-17-5-3-4-6-18(17)14-22/h3-6,11-13H,7-10,14H2,1-2H3,(H,21,23). The first kappa shape index (κ1) is 18.6. The van der Waals surface area contributed by atoms with Gasteiger partial charge >= 0.3 is 0 Å². The summed E-state index contributed by atoms with van der Waals surface area (Å²) in [6.45, 7) is 4.87. The van der Waals surface area contributed by atoms with E-state index in [4.69, 9.17) is 0 Å². The van der Waals surface area contributed by atoms with Gasteiger partial charge in [-0.1, -0.05) is 41.5 Å². The van der Waals surface area contributed by atoms with Crippen LogP contribution in [0.4, 0.5) is 0 Å². The molecule has 0 saturated heterocycles. The van der Waals surface area contributed by atoms with Gasteiger partial charge in [-0.15, -0.1) is 0 Å². The number of fused-ring (bicyclic) bond motifs is 1. The number of nitrogens with zero attached hydrogens (tertiary/aromatic N) is 1. The maximum absolute atomic E-state index is 12.6. The maximum Gasteiger partial charge on any atom is 0.251 e. The van der Waals surface area contributed by atoms with Gasteiger partial charge < -0.3 is 5.32 Å². The third-order valence-electron chi connectivity index (χ3n) is 4.62. The maximum atomic E-state index is 12.6. The van der Waals surface area contributed by atoms with Crippen LogP contribution in [0.3, 0.4) is 0 Å². The summed E-state index contributed by atoms with van der Waals surface area (Å²) >= 11 is 0. The number of nitrogens with one attached hydrogen (secondary N) is 1. The first-order valence-electron chi connectivity index (χ1n) is 8.76. The van der Waals surface area contributed by atoms with Gasteiger partial charge in [-0.3, -0.25) is 4.79 Å². The Morgan fingerprint density at radius 1 is 1.08 bits per heavy atom. The van der Waals surface area contributed by atoms with Gasteiger partial charge in [0.2, 0.25) is 10.0 Å². The van der Waals surface area contributed by atoms with Crippen molar-refractivity contribution in [3.8, 4) is 0 Å². The predicted molar refractivity (Wildman–Crippen MR) is 103 cm³/mol. The zero-order chi connectivity index (χ0) is 18.7. The normalized spacial score (nSPS) is 14.7. The summed E-state index contributed by atoms with van der Waals surface area (Å²) < 4.78 is 26.7. The van der Waals surface area contributed by atoms with Crippen molar-refractivity contribution in [1.29, 1.82) is 0 Å². The molecule has 1 N–H and O–H groups in total. The molecular formula is C20H24N2O3S. The quantitative estimate of drug-likeness (QED) is 0.877. The molecule has 0 saturated carbocycles.